The summed E-state index contributed by atoms with van der Waals surface area (Å²) in [7, 11) is 0. The second kappa shape index (κ2) is 58.8. The molecule has 0 aliphatic carbocycles. The fourth-order valence-corrected chi connectivity index (χ4v) is 10.2. The van der Waals surface area contributed by atoms with E-state index >= 15 is 0 Å². The van der Waals surface area contributed by atoms with E-state index in [2.05, 4.69) is 81.5 Å². The van der Waals surface area contributed by atoms with Gasteiger partial charge in [0.05, 0.1) is 6.61 Å². The lowest BCUT2D eigenvalue weighted by Gasteiger charge is -2.40. The highest BCUT2D eigenvalue weighted by Gasteiger charge is 2.50. The van der Waals surface area contributed by atoms with E-state index in [1.165, 1.54) is 135 Å². The highest BCUT2D eigenvalue weighted by atomic mass is 16.7. The molecule has 1 heterocycles. The number of allylic oxidation sites excluding steroid dienone is 10. The number of aliphatic hydroxyl groups is 2. The van der Waals surface area contributed by atoms with Gasteiger partial charge in [-0.1, -0.05) is 248 Å². The molecule has 83 heavy (non-hydrogen) atoms. The van der Waals surface area contributed by atoms with E-state index in [0.717, 1.165) is 122 Å². The molecule has 0 saturated carbocycles. The van der Waals surface area contributed by atoms with E-state index in [1.807, 2.05) is 0 Å². The third-order valence-corrected chi connectivity index (χ3v) is 15.5. The van der Waals surface area contributed by atoms with Crippen LogP contribution in [-0.2, 0) is 42.9 Å². The molecule has 6 unspecified atom stereocenters. The van der Waals surface area contributed by atoms with E-state index in [0.29, 0.717) is 19.3 Å². The Morgan fingerprint density at radius 2 is 0.723 bits per heavy atom. The molecule has 1 aliphatic heterocycles. The van der Waals surface area contributed by atoms with Gasteiger partial charge in [-0.25, -0.2) is 4.79 Å². The van der Waals surface area contributed by atoms with Crippen molar-refractivity contribution in [3.8, 4) is 0 Å². The molecule has 0 aromatic carbocycles. The van der Waals surface area contributed by atoms with Crippen LogP contribution >= 0.6 is 0 Å². The highest BCUT2D eigenvalue weighted by Crippen LogP contribution is 2.27. The summed E-state index contributed by atoms with van der Waals surface area (Å²) < 4.78 is 28.6. The molecule has 0 radical (unpaired) electrons. The van der Waals surface area contributed by atoms with Crippen molar-refractivity contribution < 1.29 is 58.2 Å². The summed E-state index contributed by atoms with van der Waals surface area (Å²) in [6.07, 6.45) is 61.7. The van der Waals surface area contributed by atoms with Gasteiger partial charge in [0.1, 0.15) is 18.8 Å². The smallest absolute Gasteiger partial charge is 0.335 e. The van der Waals surface area contributed by atoms with Gasteiger partial charge in [-0.05, 0) is 109 Å². The Morgan fingerprint density at radius 3 is 1.12 bits per heavy atom. The van der Waals surface area contributed by atoms with E-state index in [4.69, 9.17) is 23.7 Å². The first-order valence-corrected chi connectivity index (χ1v) is 34.3. The van der Waals surface area contributed by atoms with Crippen LogP contribution < -0.4 is 0 Å². The van der Waals surface area contributed by atoms with Crippen molar-refractivity contribution in [2.45, 2.75) is 353 Å². The van der Waals surface area contributed by atoms with Crippen molar-refractivity contribution in [2.24, 2.45) is 0 Å². The van der Waals surface area contributed by atoms with Gasteiger partial charge in [-0.15, -0.1) is 0 Å². The predicted molar refractivity (Wildman–Crippen MR) is 340 cm³/mol. The fraction of sp³-hybridized carbons (Fsp3) is 0.803. The first kappa shape index (κ1) is 77.4. The molecule has 1 saturated heterocycles. The van der Waals surface area contributed by atoms with Gasteiger partial charge in [0.15, 0.2) is 24.6 Å². The Labute approximate surface area is 506 Å². The maximum atomic E-state index is 13.2. The zero-order valence-corrected chi connectivity index (χ0v) is 53.2. The maximum absolute atomic E-state index is 13.2. The van der Waals surface area contributed by atoms with Crippen LogP contribution in [0.25, 0.3) is 0 Å². The summed E-state index contributed by atoms with van der Waals surface area (Å²) in [5.74, 6) is -3.12. The first-order valence-electron chi connectivity index (χ1n) is 34.3. The number of rotatable bonds is 59. The molecular weight excluding hydrogens is 1040 g/mol. The minimum absolute atomic E-state index is 0.0509. The summed E-state index contributed by atoms with van der Waals surface area (Å²) in [4.78, 5) is 51.4. The molecule has 480 valence electrons. The van der Waals surface area contributed by atoms with Gasteiger partial charge >= 0.3 is 23.9 Å². The molecule has 1 aliphatic rings. The van der Waals surface area contributed by atoms with Crippen LogP contribution in [0, 0.1) is 0 Å². The van der Waals surface area contributed by atoms with Gasteiger partial charge in [0.25, 0.3) is 0 Å². The molecule has 3 N–H and O–H groups in total. The first-order chi connectivity index (χ1) is 40.6. The summed E-state index contributed by atoms with van der Waals surface area (Å²) >= 11 is 0. The van der Waals surface area contributed by atoms with Crippen LogP contribution in [0.15, 0.2) is 60.8 Å². The molecule has 6 atom stereocenters. The van der Waals surface area contributed by atoms with E-state index in [9.17, 15) is 34.5 Å². The normalized spacial score (nSPS) is 17.9. The number of aliphatic carboxylic acids is 1. The van der Waals surface area contributed by atoms with Crippen LogP contribution in [-0.4, -0.2) is 89.2 Å². The lowest BCUT2D eigenvalue weighted by Crippen LogP contribution is -2.61. The number of carbonyl (C=O) groups excluding carboxylic acids is 3. The Balaban J connectivity index is 2.65. The van der Waals surface area contributed by atoms with E-state index in [-0.39, 0.29) is 25.9 Å². The van der Waals surface area contributed by atoms with Crippen molar-refractivity contribution in [1.29, 1.82) is 0 Å². The lowest BCUT2D eigenvalue weighted by atomic mass is 9.98. The monoisotopic (exact) mass is 1170 g/mol. The van der Waals surface area contributed by atoms with Gasteiger partial charge in [0, 0.05) is 19.3 Å². The van der Waals surface area contributed by atoms with Crippen molar-refractivity contribution in [1.82, 2.24) is 0 Å². The van der Waals surface area contributed by atoms with Gasteiger partial charge in [-0.2, -0.15) is 0 Å². The molecule has 12 nitrogen and oxygen atoms in total. The number of esters is 3. The highest BCUT2D eigenvalue weighted by molar-refractivity contribution is 5.74. The average molecular weight is 1170 g/mol. The summed E-state index contributed by atoms with van der Waals surface area (Å²) in [6, 6.07) is 0. The minimum atomic E-state index is -1.91. The van der Waals surface area contributed by atoms with Gasteiger partial charge in [-0.3, -0.25) is 14.4 Å². The third-order valence-electron chi connectivity index (χ3n) is 15.5. The second-order valence-electron chi connectivity index (χ2n) is 23.5. The molecular formula is C71H124O12. The Bertz CT molecular complexity index is 1670. The van der Waals surface area contributed by atoms with Gasteiger partial charge < -0.3 is 39.0 Å². The Kier molecular flexibility index (Phi) is 54.8. The third kappa shape index (κ3) is 48.3. The van der Waals surface area contributed by atoms with Crippen LogP contribution in [0.4, 0.5) is 0 Å². The molecule has 0 spiro atoms. The predicted octanol–water partition coefficient (Wildman–Crippen LogP) is 18.7. The molecule has 0 bridgehead atoms. The maximum Gasteiger partial charge on any atom is 0.335 e. The zero-order valence-electron chi connectivity index (χ0n) is 53.2. The van der Waals surface area contributed by atoms with Crippen molar-refractivity contribution in [3.63, 3.8) is 0 Å². The number of ether oxygens (including phenoxy) is 5. The van der Waals surface area contributed by atoms with Crippen LogP contribution in [0.3, 0.4) is 0 Å². The van der Waals surface area contributed by atoms with E-state index in [1.54, 1.807) is 0 Å². The van der Waals surface area contributed by atoms with Crippen LogP contribution in [0.5, 0.6) is 0 Å². The molecule has 0 aromatic rings. The van der Waals surface area contributed by atoms with Gasteiger partial charge in [0.2, 0.25) is 0 Å². The molecule has 0 amide bonds. The second-order valence-corrected chi connectivity index (χ2v) is 23.5. The standard InChI is InChI=1S/C71H124O12/c1-4-7-10-13-16-19-22-25-28-31-32-35-36-39-42-45-48-51-54-57-63(72)79-60-62(81-64(73)58-55-52-49-46-43-40-37-33-29-26-23-20-17-14-11-8-5-2)61-80-71-69(67(76)66(75)68(83-71)70(77)78)82-65(74)59-56-53-50-47-44-41-38-34-30-27-24-21-18-15-12-9-6-3/h17-18,20-21,25-30,62,66-69,71,75-76H,4-16,19,22-24,31-61H2,1-3H3,(H,77,78)/b20-17-,21-18-,28-25-,29-26-,30-27-. The number of aliphatic hydroxyl groups excluding tert-OH is 2. The molecule has 1 rings (SSSR count). The van der Waals surface area contributed by atoms with Crippen molar-refractivity contribution >= 4 is 23.9 Å². The zero-order chi connectivity index (χ0) is 60.3. The number of hydrogen-bond acceptors (Lipinski definition) is 11. The molecule has 12 heteroatoms. The van der Waals surface area contributed by atoms with Crippen LogP contribution in [0.1, 0.15) is 316 Å². The summed E-state index contributed by atoms with van der Waals surface area (Å²) in [5.41, 5.74) is 0. The number of carboxylic acids is 1. The summed E-state index contributed by atoms with van der Waals surface area (Å²) in [6.45, 7) is 5.98. The van der Waals surface area contributed by atoms with E-state index < -0.39 is 67.3 Å². The molecule has 1 fully saturated rings. The quantitative estimate of drug-likeness (QED) is 0.0228. The summed E-state index contributed by atoms with van der Waals surface area (Å²) in [5, 5.41) is 31.6. The Morgan fingerprint density at radius 1 is 0.398 bits per heavy atom. The van der Waals surface area contributed by atoms with Crippen molar-refractivity contribution in [3.05, 3.63) is 60.8 Å². The minimum Gasteiger partial charge on any atom is -0.479 e. The topological polar surface area (TPSA) is 175 Å². The van der Waals surface area contributed by atoms with Crippen molar-refractivity contribution in [2.75, 3.05) is 13.2 Å². The molecule has 0 aromatic heterocycles. The van der Waals surface area contributed by atoms with Crippen LogP contribution in [0.2, 0.25) is 0 Å². The fourth-order valence-electron chi connectivity index (χ4n) is 10.2. The number of hydrogen-bond donors (Lipinski definition) is 3. The SMILES string of the molecule is CCCCC/C=C\C/C=C\CCCCCCCCCC(=O)OC(COC(=O)CCCCCCCCCCC/C=C\CCCCCCCC)COC1OC(C(=O)O)C(O)C(O)C1OC(=O)CCCCCCCCC/C=C\C/C=C\CCCCC. The average Bonchev–Trinajstić information content (AvgIpc) is 3.59. The lowest BCUT2D eigenvalue weighted by molar-refractivity contribution is -0.301. The number of carbonyl (C=O) groups is 4. The number of carboxylic acid groups (broad SMARTS) is 1. The number of unbranched alkanes of at least 4 members (excludes halogenated alkanes) is 35. The Hall–Kier alpha value is -3.58. The largest absolute Gasteiger partial charge is 0.479 e.